The summed E-state index contributed by atoms with van der Waals surface area (Å²) in [5.74, 6) is -0.523. The largest absolute Gasteiger partial charge is 0.354 e. The lowest BCUT2D eigenvalue weighted by molar-refractivity contribution is -0.139. The maximum absolute atomic E-state index is 14.0. The van der Waals surface area contributed by atoms with E-state index >= 15 is 0 Å². The van der Waals surface area contributed by atoms with Gasteiger partial charge >= 0.3 is 0 Å². The molecular weight excluding hydrogens is 590 g/mol. The highest BCUT2D eigenvalue weighted by Crippen LogP contribution is 2.28. The third kappa shape index (κ3) is 7.95. The zero-order valence-corrected chi connectivity index (χ0v) is 26.1. The van der Waals surface area contributed by atoms with E-state index < -0.39 is 28.5 Å². The Balaban J connectivity index is 2.04. The summed E-state index contributed by atoms with van der Waals surface area (Å²) in [6.45, 7) is 9.66. The minimum atomic E-state index is -4.10. The summed E-state index contributed by atoms with van der Waals surface area (Å²) in [4.78, 5) is 28.7. The molecule has 7 nitrogen and oxygen atoms in total. The van der Waals surface area contributed by atoms with Crippen molar-refractivity contribution in [3.63, 3.8) is 0 Å². The Morgan fingerprint density at radius 3 is 2.15 bits per heavy atom. The van der Waals surface area contributed by atoms with E-state index in [9.17, 15) is 18.0 Å². The molecule has 214 valence electrons. The van der Waals surface area contributed by atoms with Gasteiger partial charge in [-0.25, -0.2) is 8.42 Å². The van der Waals surface area contributed by atoms with E-state index in [1.54, 1.807) is 43.3 Å². The molecule has 0 aliphatic heterocycles. The number of rotatable bonds is 12. The summed E-state index contributed by atoms with van der Waals surface area (Å²) in [6.07, 6.45) is 0.584. The van der Waals surface area contributed by atoms with E-state index in [4.69, 9.17) is 0 Å². The van der Waals surface area contributed by atoms with Crippen molar-refractivity contribution in [1.29, 1.82) is 0 Å². The van der Waals surface area contributed by atoms with E-state index in [1.807, 2.05) is 64.1 Å². The first kappa shape index (κ1) is 31.4. The molecule has 0 radical (unpaired) electrons. The Morgan fingerprint density at radius 1 is 0.925 bits per heavy atom. The second-order valence-electron chi connectivity index (χ2n) is 10.3. The summed E-state index contributed by atoms with van der Waals surface area (Å²) in [5.41, 5.74) is 2.99. The number of sulfonamides is 1. The maximum atomic E-state index is 14.0. The third-order valence-electron chi connectivity index (χ3n) is 6.65. The number of anilines is 1. The van der Waals surface area contributed by atoms with Crippen LogP contribution in [0.5, 0.6) is 0 Å². The first-order valence-corrected chi connectivity index (χ1v) is 15.7. The summed E-state index contributed by atoms with van der Waals surface area (Å²) < 4.78 is 30.1. The molecule has 0 saturated carbocycles. The molecule has 0 saturated heterocycles. The smallest absolute Gasteiger partial charge is 0.264 e. The monoisotopic (exact) mass is 627 g/mol. The number of nitrogens with zero attached hydrogens (tertiary/aromatic N) is 2. The zero-order valence-electron chi connectivity index (χ0n) is 23.7. The average molecular weight is 629 g/mol. The summed E-state index contributed by atoms with van der Waals surface area (Å²) in [7, 11) is -4.10. The predicted molar refractivity (Wildman–Crippen MR) is 164 cm³/mol. The van der Waals surface area contributed by atoms with Crippen LogP contribution in [0.4, 0.5) is 5.69 Å². The molecule has 3 rings (SSSR count). The third-order valence-corrected chi connectivity index (χ3v) is 8.95. The highest BCUT2D eigenvalue weighted by atomic mass is 79.9. The number of aryl methyl sites for hydroxylation is 2. The Morgan fingerprint density at radius 2 is 1.55 bits per heavy atom. The fourth-order valence-corrected chi connectivity index (χ4v) is 5.94. The van der Waals surface area contributed by atoms with Gasteiger partial charge in [-0.1, -0.05) is 84.7 Å². The normalized spacial score (nSPS) is 12.2. The lowest BCUT2D eigenvalue weighted by Gasteiger charge is -2.32. The van der Waals surface area contributed by atoms with Crippen LogP contribution in [0, 0.1) is 12.8 Å². The molecule has 3 aromatic carbocycles. The number of halogens is 1. The number of carbonyl (C=O) groups excluding carboxylic acids is 2. The molecular formula is C31H38BrN3O4S. The first-order chi connectivity index (χ1) is 18.9. The molecule has 2 amide bonds. The standard InChI is InChI=1S/C31H38BrN3O4S/c1-6-26-9-7-8-10-29(26)35(40(38,39)28-17-11-23(4)12-18-28)21-30(36)34(20-25-13-15-27(32)16-14-25)24(5)31(37)33-19-22(2)3/h7-18,22,24H,6,19-21H2,1-5H3,(H,33,37)/t24-/m0/s1. The van der Waals surface area contributed by atoms with Gasteiger partial charge in [0.1, 0.15) is 12.6 Å². The number of carbonyl (C=O) groups is 2. The first-order valence-electron chi connectivity index (χ1n) is 13.4. The minimum Gasteiger partial charge on any atom is -0.354 e. The second kappa shape index (κ2) is 13.9. The van der Waals surface area contributed by atoms with E-state index in [1.165, 1.54) is 9.21 Å². The minimum absolute atomic E-state index is 0.0963. The van der Waals surface area contributed by atoms with Crippen LogP contribution in [0.1, 0.15) is 44.4 Å². The van der Waals surface area contributed by atoms with Gasteiger partial charge in [-0.15, -0.1) is 0 Å². The van der Waals surface area contributed by atoms with Crippen LogP contribution in [0.25, 0.3) is 0 Å². The van der Waals surface area contributed by atoms with Gasteiger partial charge in [0.15, 0.2) is 0 Å². The SMILES string of the molecule is CCc1ccccc1N(CC(=O)N(Cc1ccc(Br)cc1)[C@@H](C)C(=O)NCC(C)C)S(=O)(=O)c1ccc(C)cc1. The molecule has 0 aliphatic rings. The van der Waals surface area contributed by atoms with Gasteiger partial charge in [-0.3, -0.25) is 13.9 Å². The van der Waals surface area contributed by atoms with Crippen molar-refractivity contribution in [1.82, 2.24) is 10.2 Å². The molecule has 0 aromatic heterocycles. The Hall–Kier alpha value is -3.17. The quantitative estimate of drug-likeness (QED) is 0.279. The number of para-hydroxylation sites is 1. The van der Waals surface area contributed by atoms with Crippen LogP contribution in [0.15, 0.2) is 82.2 Å². The van der Waals surface area contributed by atoms with Crippen LogP contribution in [-0.2, 0) is 32.6 Å². The van der Waals surface area contributed by atoms with Gasteiger partial charge in [0.05, 0.1) is 10.6 Å². The van der Waals surface area contributed by atoms with Crippen LogP contribution in [0.3, 0.4) is 0 Å². The van der Waals surface area contributed by atoms with Crippen LogP contribution in [-0.4, -0.2) is 44.3 Å². The summed E-state index contributed by atoms with van der Waals surface area (Å²) in [5, 5.41) is 2.90. The lowest BCUT2D eigenvalue weighted by atomic mass is 10.1. The van der Waals surface area contributed by atoms with E-state index in [2.05, 4.69) is 21.2 Å². The molecule has 0 aliphatic carbocycles. The van der Waals surface area contributed by atoms with Crippen molar-refractivity contribution < 1.29 is 18.0 Å². The van der Waals surface area contributed by atoms with Crippen molar-refractivity contribution in [2.24, 2.45) is 5.92 Å². The predicted octanol–water partition coefficient (Wildman–Crippen LogP) is 5.70. The molecule has 3 aromatic rings. The highest BCUT2D eigenvalue weighted by molar-refractivity contribution is 9.10. The zero-order chi connectivity index (χ0) is 29.4. The van der Waals surface area contributed by atoms with E-state index in [-0.39, 0.29) is 23.3 Å². The second-order valence-corrected chi connectivity index (χ2v) is 13.0. The molecule has 0 heterocycles. The van der Waals surface area contributed by atoms with Crippen molar-refractivity contribution in [3.8, 4) is 0 Å². The summed E-state index contributed by atoms with van der Waals surface area (Å²) in [6, 6.07) is 20.4. The Labute approximate surface area is 246 Å². The van der Waals surface area contributed by atoms with E-state index in [0.29, 0.717) is 18.7 Å². The van der Waals surface area contributed by atoms with Gasteiger partial charge in [-0.2, -0.15) is 0 Å². The topological polar surface area (TPSA) is 86.8 Å². The lowest BCUT2D eigenvalue weighted by Crippen LogP contribution is -2.51. The number of hydrogen-bond donors (Lipinski definition) is 1. The van der Waals surface area contributed by atoms with Crippen molar-refractivity contribution in [3.05, 3.63) is 94.0 Å². The van der Waals surface area contributed by atoms with Gasteiger partial charge in [-0.05, 0) is 67.6 Å². The molecule has 0 bridgehead atoms. The van der Waals surface area contributed by atoms with Crippen molar-refractivity contribution in [2.75, 3.05) is 17.4 Å². The highest BCUT2D eigenvalue weighted by Gasteiger charge is 2.33. The maximum Gasteiger partial charge on any atom is 0.264 e. The van der Waals surface area contributed by atoms with Gasteiger partial charge in [0.25, 0.3) is 10.0 Å². The van der Waals surface area contributed by atoms with Crippen LogP contribution in [0.2, 0.25) is 0 Å². The average Bonchev–Trinajstić information content (AvgIpc) is 2.93. The number of nitrogens with one attached hydrogen (secondary N) is 1. The van der Waals surface area contributed by atoms with Crippen LogP contribution < -0.4 is 9.62 Å². The molecule has 0 spiro atoms. The fourth-order valence-electron chi connectivity index (χ4n) is 4.23. The van der Waals surface area contributed by atoms with Crippen molar-refractivity contribution in [2.45, 2.75) is 58.5 Å². The molecule has 40 heavy (non-hydrogen) atoms. The number of amides is 2. The van der Waals surface area contributed by atoms with Gasteiger partial charge in [0, 0.05) is 17.6 Å². The van der Waals surface area contributed by atoms with Crippen LogP contribution >= 0.6 is 15.9 Å². The number of hydrogen-bond acceptors (Lipinski definition) is 4. The molecule has 1 atom stereocenters. The molecule has 9 heteroatoms. The fraction of sp³-hybridized carbons (Fsp3) is 0.355. The van der Waals surface area contributed by atoms with E-state index in [0.717, 1.165) is 21.2 Å². The molecule has 0 fully saturated rings. The van der Waals surface area contributed by atoms with Gasteiger partial charge in [0.2, 0.25) is 11.8 Å². The number of benzene rings is 3. The summed E-state index contributed by atoms with van der Waals surface area (Å²) >= 11 is 3.43. The Bertz CT molecular complexity index is 1410. The Kier molecular flexibility index (Phi) is 10.9. The molecule has 0 unspecified atom stereocenters. The van der Waals surface area contributed by atoms with Crippen molar-refractivity contribution >= 4 is 43.5 Å². The van der Waals surface area contributed by atoms with Gasteiger partial charge < -0.3 is 10.2 Å². The molecule has 1 N–H and O–H groups in total.